The Hall–Kier alpha value is -2.76. The molecule has 1 N–H and O–H groups in total. The van der Waals surface area contributed by atoms with Gasteiger partial charge in [-0.15, -0.1) is 0 Å². The monoisotopic (exact) mass is 330 g/mol. The van der Waals surface area contributed by atoms with Gasteiger partial charge in [-0.1, -0.05) is 24.3 Å². The molecule has 1 unspecified atom stereocenters. The molecule has 2 aromatic carbocycles. The van der Waals surface area contributed by atoms with Crippen LogP contribution in [0.15, 0.2) is 48.5 Å². The Morgan fingerprint density at radius 1 is 1.21 bits per heavy atom. The fourth-order valence-electron chi connectivity index (χ4n) is 2.51. The van der Waals surface area contributed by atoms with Crippen molar-refractivity contribution in [1.29, 1.82) is 0 Å². The van der Waals surface area contributed by atoms with Crippen molar-refractivity contribution in [3.05, 3.63) is 54.3 Å². The molecule has 6 heteroatoms. The van der Waals surface area contributed by atoms with Crippen LogP contribution in [0, 0.1) is 5.82 Å². The summed E-state index contributed by atoms with van der Waals surface area (Å²) in [6, 6.07) is 13.1. The summed E-state index contributed by atoms with van der Waals surface area (Å²) in [7, 11) is 0. The SMILES string of the molecule is CCN(CC1COc2ccccc2O1)C(=O)Nc1ccccc1F. The van der Waals surface area contributed by atoms with Gasteiger partial charge >= 0.3 is 6.03 Å². The standard InChI is InChI=1S/C18H19FN2O3/c1-2-21(18(22)20-15-8-4-3-7-14(15)19)11-13-12-23-16-9-5-6-10-17(16)24-13/h3-10,13H,2,11-12H2,1H3,(H,20,22). The molecule has 2 aromatic rings. The average Bonchev–Trinajstić information content (AvgIpc) is 2.61. The quantitative estimate of drug-likeness (QED) is 0.933. The van der Waals surface area contributed by atoms with E-state index in [1.165, 1.54) is 12.1 Å². The number of benzene rings is 2. The maximum Gasteiger partial charge on any atom is 0.322 e. The molecule has 5 nitrogen and oxygen atoms in total. The maximum absolute atomic E-state index is 13.7. The summed E-state index contributed by atoms with van der Waals surface area (Å²) in [6.45, 7) is 3.05. The molecular weight excluding hydrogens is 311 g/mol. The Morgan fingerprint density at radius 3 is 2.67 bits per heavy atom. The number of amides is 2. The molecule has 0 spiro atoms. The van der Waals surface area contributed by atoms with Crippen molar-refractivity contribution in [3.63, 3.8) is 0 Å². The van der Waals surface area contributed by atoms with E-state index in [4.69, 9.17) is 9.47 Å². The van der Waals surface area contributed by atoms with Gasteiger partial charge in [-0.05, 0) is 31.2 Å². The summed E-state index contributed by atoms with van der Waals surface area (Å²) < 4.78 is 25.2. The third-order valence-electron chi connectivity index (χ3n) is 3.78. The molecule has 3 rings (SSSR count). The van der Waals surface area contributed by atoms with Gasteiger partial charge < -0.3 is 19.7 Å². The zero-order chi connectivity index (χ0) is 16.9. The Labute approximate surface area is 140 Å². The molecule has 0 saturated carbocycles. The van der Waals surface area contributed by atoms with Crippen molar-refractivity contribution in [2.45, 2.75) is 13.0 Å². The first kappa shape index (κ1) is 16.1. The summed E-state index contributed by atoms with van der Waals surface area (Å²) in [4.78, 5) is 13.9. The van der Waals surface area contributed by atoms with E-state index < -0.39 is 5.82 Å². The Kier molecular flexibility index (Phi) is 4.84. The number of likely N-dealkylation sites (N-methyl/N-ethyl adjacent to an activating group) is 1. The highest BCUT2D eigenvalue weighted by Gasteiger charge is 2.25. The highest BCUT2D eigenvalue weighted by molar-refractivity contribution is 5.89. The molecule has 0 saturated heterocycles. The number of rotatable bonds is 4. The highest BCUT2D eigenvalue weighted by Crippen LogP contribution is 2.31. The Bertz CT molecular complexity index is 723. The largest absolute Gasteiger partial charge is 0.486 e. The minimum Gasteiger partial charge on any atom is -0.486 e. The number of nitrogens with one attached hydrogen (secondary N) is 1. The second kappa shape index (κ2) is 7.21. The molecule has 1 atom stereocenters. The lowest BCUT2D eigenvalue weighted by Crippen LogP contribution is -2.45. The Morgan fingerprint density at radius 2 is 1.92 bits per heavy atom. The van der Waals surface area contributed by atoms with Gasteiger partial charge in [-0.25, -0.2) is 9.18 Å². The number of hydrogen-bond acceptors (Lipinski definition) is 3. The van der Waals surface area contributed by atoms with Crippen LogP contribution in [-0.2, 0) is 0 Å². The Balaban J connectivity index is 1.63. The predicted molar refractivity (Wildman–Crippen MR) is 89.0 cm³/mol. The molecular formula is C18H19FN2O3. The van der Waals surface area contributed by atoms with Gasteiger partial charge in [0.2, 0.25) is 0 Å². The molecule has 1 aliphatic heterocycles. The van der Waals surface area contributed by atoms with Crippen molar-refractivity contribution in [2.75, 3.05) is 25.0 Å². The summed E-state index contributed by atoms with van der Waals surface area (Å²) in [5.41, 5.74) is 0.159. The van der Waals surface area contributed by atoms with Crippen LogP contribution in [0.1, 0.15) is 6.92 Å². The van der Waals surface area contributed by atoms with E-state index in [1.54, 1.807) is 17.0 Å². The van der Waals surface area contributed by atoms with Gasteiger partial charge in [0.15, 0.2) is 17.6 Å². The van der Waals surface area contributed by atoms with E-state index in [0.717, 1.165) is 0 Å². The molecule has 1 aliphatic rings. The molecule has 126 valence electrons. The molecule has 0 aliphatic carbocycles. The minimum atomic E-state index is -0.465. The zero-order valence-electron chi connectivity index (χ0n) is 13.4. The van der Waals surface area contributed by atoms with Crippen molar-refractivity contribution in [1.82, 2.24) is 4.90 Å². The predicted octanol–water partition coefficient (Wildman–Crippen LogP) is 3.52. The van der Waals surface area contributed by atoms with Crippen LogP contribution in [0.4, 0.5) is 14.9 Å². The first-order valence-electron chi connectivity index (χ1n) is 7.86. The number of fused-ring (bicyclic) bond motifs is 1. The van der Waals surface area contributed by atoms with Crippen molar-refractivity contribution in [2.24, 2.45) is 0 Å². The molecule has 0 bridgehead atoms. The average molecular weight is 330 g/mol. The fraction of sp³-hybridized carbons (Fsp3) is 0.278. The first-order chi connectivity index (χ1) is 11.7. The third kappa shape index (κ3) is 3.59. The number of nitrogens with zero attached hydrogens (tertiary/aromatic N) is 1. The fourth-order valence-corrected chi connectivity index (χ4v) is 2.51. The third-order valence-corrected chi connectivity index (χ3v) is 3.78. The summed E-state index contributed by atoms with van der Waals surface area (Å²) in [5.74, 6) is 0.903. The number of carbonyl (C=O) groups is 1. The van der Waals surface area contributed by atoms with E-state index in [-0.39, 0.29) is 17.8 Å². The van der Waals surface area contributed by atoms with Gasteiger partial charge in [0, 0.05) is 6.54 Å². The molecule has 2 amide bonds. The zero-order valence-corrected chi connectivity index (χ0v) is 13.4. The number of urea groups is 1. The first-order valence-corrected chi connectivity index (χ1v) is 7.86. The molecule has 0 radical (unpaired) electrons. The number of ether oxygens (including phenoxy) is 2. The molecule has 24 heavy (non-hydrogen) atoms. The maximum atomic E-state index is 13.7. The van der Waals surface area contributed by atoms with Crippen LogP contribution >= 0.6 is 0 Å². The second-order valence-electron chi connectivity index (χ2n) is 5.45. The van der Waals surface area contributed by atoms with Crippen LogP contribution in [0.2, 0.25) is 0 Å². The van der Waals surface area contributed by atoms with Crippen molar-refractivity contribution < 1.29 is 18.7 Å². The van der Waals surface area contributed by atoms with Gasteiger partial charge in [0.1, 0.15) is 12.4 Å². The lowest BCUT2D eigenvalue weighted by Gasteiger charge is -2.31. The van der Waals surface area contributed by atoms with Crippen LogP contribution in [0.3, 0.4) is 0 Å². The summed E-state index contributed by atoms with van der Waals surface area (Å²) in [6.07, 6.45) is -0.272. The number of anilines is 1. The smallest absolute Gasteiger partial charge is 0.322 e. The van der Waals surface area contributed by atoms with Gasteiger partial charge in [-0.3, -0.25) is 0 Å². The number of halogens is 1. The van der Waals surface area contributed by atoms with Crippen LogP contribution in [-0.4, -0.2) is 36.7 Å². The number of para-hydroxylation sites is 3. The van der Waals surface area contributed by atoms with Crippen molar-refractivity contribution >= 4 is 11.7 Å². The number of hydrogen-bond donors (Lipinski definition) is 1. The summed E-state index contributed by atoms with van der Waals surface area (Å²) >= 11 is 0. The minimum absolute atomic E-state index is 0.159. The molecule has 1 heterocycles. The van der Waals surface area contributed by atoms with Gasteiger partial charge in [0.05, 0.1) is 12.2 Å². The van der Waals surface area contributed by atoms with Crippen molar-refractivity contribution in [3.8, 4) is 11.5 Å². The topological polar surface area (TPSA) is 50.8 Å². The summed E-state index contributed by atoms with van der Waals surface area (Å²) in [5, 5.41) is 2.59. The second-order valence-corrected chi connectivity index (χ2v) is 5.45. The highest BCUT2D eigenvalue weighted by atomic mass is 19.1. The van der Waals surface area contributed by atoms with Gasteiger partial charge in [-0.2, -0.15) is 0 Å². The normalized spacial score (nSPS) is 15.7. The van der Waals surface area contributed by atoms with Gasteiger partial charge in [0.25, 0.3) is 0 Å². The van der Waals surface area contributed by atoms with Crippen LogP contribution < -0.4 is 14.8 Å². The molecule has 0 fully saturated rings. The van der Waals surface area contributed by atoms with E-state index in [0.29, 0.717) is 31.2 Å². The number of carbonyl (C=O) groups excluding carboxylic acids is 1. The lowest BCUT2D eigenvalue weighted by molar-refractivity contribution is 0.0693. The van der Waals surface area contributed by atoms with E-state index in [9.17, 15) is 9.18 Å². The van der Waals surface area contributed by atoms with E-state index in [1.807, 2.05) is 31.2 Å². The lowest BCUT2D eigenvalue weighted by atomic mass is 10.2. The van der Waals surface area contributed by atoms with E-state index in [2.05, 4.69) is 5.32 Å². The van der Waals surface area contributed by atoms with Crippen LogP contribution in [0.25, 0.3) is 0 Å². The van der Waals surface area contributed by atoms with Crippen LogP contribution in [0.5, 0.6) is 11.5 Å². The molecule has 0 aromatic heterocycles. The van der Waals surface area contributed by atoms with E-state index >= 15 is 0 Å².